The fourth-order valence-electron chi connectivity index (χ4n) is 1.47. The molecule has 0 aliphatic heterocycles. The van der Waals surface area contributed by atoms with Gasteiger partial charge >= 0.3 is 12.1 Å². The van der Waals surface area contributed by atoms with Gasteiger partial charge in [-0.2, -0.15) is 13.2 Å². The van der Waals surface area contributed by atoms with E-state index in [4.69, 9.17) is 16.0 Å². The van der Waals surface area contributed by atoms with Crippen LogP contribution in [0, 0.1) is 0 Å². The fraction of sp³-hybridized carbons (Fsp3) is 0.154. The molecule has 0 radical (unpaired) electrons. The summed E-state index contributed by atoms with van der Waals surface area (Å²) < 4.78 is 45.0. The molecule has 0 unspecified atom stereocenters. The molecule has 0 bridgehead atoms. The van der Waals surface area contributed by atoms with Crippen molar-refractivity contribution in [1.29, 1.82) is 0 Å². The number of furan rings is 1. The molecule has 3 nitrogen and oxygen atoms in total. The van der Waals surface area contributed by atoms with Gasteiger partial charge in [-0.1, -0.05) is 23.7 Å². The highest BCUT2D eigenvalue weighted by molar-refractivity contribution is 6.33. The number of benzene rings is 1. The van der Waals surface area contributed by atoms with Crippen LogP contribution in [0.15, 0.2) is 40.8 Å². The van der Waals surface area contributed by atoms with Crippen molar-refractivity contribution >= 4 is 17.6 Å². The number of hydrogen-bond acceptors (Lipinski definition) is 3. The molecule has 0 atom stereocenters. The molecule has 0 fully saturated rings. The van der Waals surface area contributed by atoms with Crippen LogP contribution in [0.25, 0.3) is 11.3 Å². The van der Waals surface area contributed by atoms with Gasteiger partial charge in [-0.05, 0) is 24.3 Å². The number of alkyl halides is 3. The molecular weight excluding hydrogens is 297 g/mol. The summed E-state index contributed by atoms with van der Waals surface area (Å²) in [6.45, 7) is -1.66. The zero-order valence-electron chi connectivity index (χ0n) is 9.91. The van der Waals surface area contributed by atoms with E-state index >= 15 is 0 Å². The zero-order valence-corrected chi connectivity index (χ0v) is 10.7. The average molecular weight is 305 g/mol. The van der Waals surface area contributed by atoms with Crippen LogP contribution < -0.4 is 0 Å². The smallest absolute Gasteiger partial charge is 0.422 e. The Morgan fingerprint density at radius 2 is 1.90 bits per heavy atom. The van der Waals surface area contributed by atoms with Crippen molar-refractivity contribution < 1.29 is 27.1 Å². The summed E-state index contributed by atoms with van der Waals surface area (Å²) in [5.74, 6) is -1.22. The monoisotopic (exact) mass is 304 g/mol. The highest BCUT2D eigenvalue weighted by atomic mass is 35.5. The predicted octanol–water partition coefficient (Wildman–Crippen LogP) is 4.32. The molecule has 0 N–H and O–H groups in total. The fourth-order valence-corrected chi connectivity index (χ4v) is 1.70. The van der Waals surface area contributed by atoms with Gasteiger partial charge in [0.05, 0.1) is 5.02 Å². The molecule has 2 aromatic rings. The lowest BCUT2D eigenvalue weighted by molar-refractivity contribution is -0.161. The first-order valence-corrected chi connectivity index (χ1v) is 5.83. The molecule has 0 saturated carbocycles. The number of hydrogen-bond donors (Lipinski definition) is 0. The van der Waals surface area contributed by atoms with Crippen molar-refractivity contribution in [2.24, 2.45) is 0 Å². The van der Waals surface area contributed by atoms with Gasteiger partial charge in [0, 0.05) is 5.56 Å². The van der Waals surface area contributed by atoms with E-state index in [1.54, 1.807) is 24.3 Å². The van der Waals surface area contributed by atoms with E-state index in [2.05, 4.69) is 4.74 Å². The number of carbonyl (C=O) groups excluding carboxylic acids is 1. The summed E-state index contributed by atoms with van der Waals surface area (Å²) in [5.41, 5.74) is 0.532. The quantitative estimate of drug-likeness (QED) is 0.793. The average Bonchev–Trinajstić information content (AvgIpc) is 2.85. The van der Waals surface area contributed by atoms with Crippen molar-refractivity contribution in [2.45, 2.75) is 6.18 Å². The summed E-state index contributed by atoms with van der Waals surface area (Å²) in [6.07, 6.45) is -4.58. The maximum Gasteiger partial charge on any atom is 0.422 e. The van der Waals surface area contributed by atoms with Gasteiger partial charge in [-0.25, -0.2) is 4.79 Å². The molecule has 0 amide bonds. The third-order valence-corrected chi connectivity index (χ3v) is 2.64. The lowest BCUT2D eigenvalue weighted by Crippen LogP contribution is -2.20. The summed E-state index contributed by atoms with van der Waals surface area (Å²) in [6, 6.07) is 9.38. The van der Waals surface area contributed by atoms with Gasteiger partial charge in [0.2, 0.25) is 5.76 Å². The van der Waals surface area contributed by atoms with Gasteiger partial charge in [-0.3, -0.25) is 0 Å². The Kier molecular flexibility index (Phi) is 4.04. The van der Waals surface area contributed by atoms with Crippen molar-refractivity contribution in [2.75, 3.05) is 6.61 Å². The highest BCUT2D eigenvalue weighted by Crippen LogP contribution is 2.29. The number of esters is 1. The Morgan fingerprint density at radius 3 is 2.55 bits per heavy atom. The molecule has 2 rings (SSSR count). The second-order valence-electron chi connectivity index (χ2n) is 3.84. The largest absolute Gasteiger partial charge is 0.450 e. The minimum atomic E-state index is -4.58. The van der Waals surface area contributed by atoms with Crippen molar-refractivity contribution in [1.82, 2.24) is 0 Å². The van der Waals surface area contributed by atoms with Crippen LogP contribution in [-0.4, -0.2) is 18.8 Å². The predicted molar refractivity (Wildman–Crippen MR) is 65.5 cm³/mol. The Balaban J connectivity index is 2.13. The van der Waals surface area contributed by atoms with Crippen LogP contribution in [0.4, 0.5) is 13.2 Å². The highest BCUT2D eigenvalue weighted by Gasteiger charge is 2.30. The first kappa shape index (κ1) is 14.5. The van der Waals surface area contributed by atoms with Crippen LogP contribution in [0.5, 0.6) is 0 Å². The van der Waals surface area contributed by atoms with Crippen LogP contribution >= 0.6 is 11.6 Å². The number of ether oxygens (including phenoxy) is 1. The molecule has 106 valence electrons. The van der Waals surface area contributed by atoms with Gasteiger partial charge in [-0.15, -0.1) is 0 Å². The second-order valence-corrected chi connectivity index (χ2v) is 4.24. The zero-order chi connectivity index (χ0) is 14.8. The molecule has 1 aromatic heterocycles. The maximum atomic E-state index is 11.9. The Bertz CT molecular complexity index is 619. The van der Waals surface area contributed by atoms with E-state index in [0.29, 0.717) is 10.6 Å². The normalized spacial score (nSPS) is 11.4. The van der Waals surface area contributed by atoms with Gasteiger partial charge in [0.25, 0.3) is 0 Å². The molecule has 7 heteroatoms. The SMILES string of the molecule is O=C(OCC(F)(F)F)c1ccc(-c2ccccc2Cl)o1. The minimum absolute atomic E-state index is 0.273. The Morgan fingerprint density at radius 1 is 1.20 bits per heavy atom. The molecule has 0 aliphatic carbocycles. The number of halogens is 4. The molecule has 1 heterocycles. The molecule has 1 aromatic carbocycles. The second kappa shape index (κ2) is 5.58. The standard InChI is InChI=1S/C13H8ClF3O3/c14-9-4-2-1-3-8(9)10-5-6-11(20-10)12(18)19-7-13(15,16)17/h1-6H,7H2. The van der Waals surface area contributed by atoms with E-state index in [9.17, 15) is 18.0 Å². The third kappa shape index (κ3) is 3.54. The van der Waals surface area contributed by atoms with Crippen molar-refractivity contribution in [3.63, 3.8) is 0 Å². The first-order valence-electron chi connectivity index (χ1n) is 5.45. The van der Waals surface area contributed by atoms with E-state index in [1.165, 1.54) is 12.1 Å². The van der Waals surface area contributed by atoms with Gasteiger partial charge < -0.3 is 9.15 Å². The van der Waals surface area contributed by atoms with Crippen LogP contribution in [0.2, 0.25) is 5.02 Å². The molecule has 20 heavy (non-hydrogen) atoms. The van der Waals surface area contributed by atoms with E-state index in [-0.39, 0.29) is 11.5 Å². The van der Waals surface area contributed by atoms with E-state index in [0.717, 1.165) is 0 Å². The summed E-state index contributed by atoms with van der Waals surface area (Å²) in [4.78, 5) is 11.4. The Hall–Kier alpha value is -1.95. The van der Waals surface area contributed by atoms with Gasteiger partial charge in [0.1, 0.15) is 5.76 Å². The van der Waals surface area contributed by atoms with E-state index in [1.807, 2.05) is 0 Å². The lowest BCUT2D eigenvalue weighted by Gasteiger charge is -2.06. The third-order valence-electron chi connectivity index (χ3n) is 2.31. The van der Waals surface area contributed by atoms with Crippen molar-refractivity contribution in [3.05, 3.63) is 47.2 Å². The molecule has 0 spiro atoms. The van der Waals surface area contributed by atoms with Crippen LogP contribution in [0.3, 0.4) is 0 Å². The Labute approximate surface area is 116 Å². The minimum Gasteiger partial charge on any atom is -0.450 e. The van der Waals surface area contributed by atoms with E-state index < -0.39 is 18.8 Å². The van der Waals surface area contributed by atoms with Crippen LogP contribution in [0.1, 0.15) is 10.6 Å². The van der Waals surface area contributed by atoms with Crippen LogP contribution in [-0.2, 0) is 4.74 Å². The topological polar surface area (TPSA) is 39.4 Å². The van der Waals surface area contributed by atoms with Gasteiger partial charge in [0.15, 0.2) is 6.61 Å². The molecule has 0 aliphatic rings. The summed E-state index contributed by atoms with van der Waals surface area (Å²) in [5, 5.41) is 0.400. The first-order chi connectivity index (χ1) is 9.37. The summed E-state index contributed by atoms with van der Waals surface area (Å²) in [7, 11) is 0. The maximum absolute atomic E-state index is 11.9. The summed E-state index contributed by atoms with van der Waals surface area (Å²) >= 11 is 5.94. The number of carbonyl (C=O) groups is 1. The molecular formula is C13H8ClF3O3. The molecule has 0 saturated heterocycles. The number of rotatable bonds is 3. The lowest BCUT2D eigenvalue weighted by atomic mass is 10.2. The van der Waals surface area contributed by atoms with Crippen molar-refractivity contribution in [3.8, 4) is 11.3 Å².